The van der Waals surface area contributed by atoms with Gasteiger partial charge in [-0.05, 0) is 6.42 Å². The van der Waals surface area contributed by atoms with Crippen molar-refractivity contribution in [3.8, 4) is 0 Å². The molecule has 0 unspecified atom stereocenters. The molecule has 0 fully saturated rings. The standard InChI is InChI=1S/C36H70O11/c1-3-5-6-7-8-9-10-11-12-13-14-15-16-17-38-18-19-39-20-21-40-22-23-41-24-25-42-26-27-43-28-29-44-30-31-45-32-33-46-34-35-47-36(37)4-2/h4H,2-3,5-35H2,1H3. The molecule has 0 aromatic heterocycles. The zero-order chi connectivity index (χ0) is 34.0. The maximum absolute atomic E-state index is 10.8. The quantitative estimate of drug-likeness (QED) is 0.0434. The van der Waals surface area contributed by atoms with Gasteiger partial charge in [0, 0.05) is 12.7 Å². The molecule has 0 aliphatic heterocycles. The topological polar surface area (TPSA) is 109 Å². The van der Waals surface area contributed by atoms with E-state index in [2.05, 4.69) is 13.5 Å². The molecule has 0 amide bonds. The molecule has 11 nitrogen and oxygen atoms in total. The van der Waals surface area contributed by atoms with Crippen molar-refractivity contribution in [3.63, 3.8) is 0 Å². The van der Waals surface area contributed by atoms with Crippen LogP contribution in [0.15, 0.2) is 12.7 Å². The smallest absolute Gasteiger partial charge is 0.330 e. The molecule has 0 saturated heterocycles. The van der Waals surface area contributed by atoms with Gasteiger partial charge in [-0.25, -0.2) is 4.79 Å². The van der Waals surface area contributed by atoms with E-state index in [1.165, 1.54) is 77.0 Å². The first-order valence-corrected chi connectivity index (χ1v) is 18.3. The van der Waals surface area contributed by atoms with Crippen LogP contribution in [0.2, 0.25) is 0 Å². The normalized spacial score (nSPS) is 11.3. The minimum absolute atomic E-state index is 0.204. The average Bonchev–Trinajstić information content (AvgIpc) is 3.08. The van der Waals surface area contributed by atoms with E-state index >= 15 is 0 Å². The SMILES string of the molecule is C=CC(=O)OCCOCCOCCOCCOCCOCCOCCOCCOCCOCCCCCCCCCCCCCCC. The summed E-state index contributed by atoms with van der Waals surface area (Å²) in [5, 5.41) is 0. The summed E-state index contributed by atoms with van der Waals surface area (Å²) < 4.78 is 54.1. The summed E-state index contributed by atoms with van der Waals surface area (Å²) in [6.45, 7) is 15.3. The van der Waals surface area contributed by atoms with Crippen molar-refractivity contribution < 1.29 is 52.2 Å². The van der Waals surface area contributed by atoms with E-state index in [-0.39, 0.29) is 6.61 Å². The fraction of sp³-hybridized carbons (Fsp3) is 0.917. The van der Waals surface area contributed by atoms with Crippen molar-refractivity contribution in [2.75, 3.05) is 126 Å². The van der Waals surface area contributed by atoms with Gasteiger partial charge in [-0.1, -0.05) is 90.6 Å². The van der Waals surface area contributed by atoms with Gasteiger partial charge in [0.2, 0.25) is 0 Å². The van der Waals surface area contributed by atoms with Crippen molar-refractivity contribution in [3.05, 3.63) is 12.7 Å². The summed E-state index contributed by atoms with van der Waals surface area (Å²) in [6, 6.07) is 0. The number of hydrogen-bond donors (Lipinski definition) is 0. The largest absolute Gasteiger partial charge is 0.460 e. The second-order valence-corrected chi connectivity index (χ2v) is 11.1. The van der Waals surface area contributed by atoms with Crippen LogP contribution in [0.4, 0.5) is 0 Å². The van der Waals surface area contributed by atoms with Crippen molar-refractivity contribution in [1.82, 2.24) is 0 Å². The second kappa shape index (κ2) is 42.9. The molecule has 47 heavy (non-hydrogen) atoms. The summed E-state index contributed by atoms with van der Waals surface area (Å²) in [5.74, 6) is -0.454. The van der Waals surface area contributed by atoms with E-state index in [1.54, 1.807) is 0 Å². The molecule has 0 spiro atoms. The number of esters is 1. The fourth-order valence-corrected chi connectivity index (χ4v) is 4.34. The average molecular weight is 679 g/mol. The van der Waals surface area contributed by atoms with Gasteiger partial charge in [-0.2, -0.15) is 0 Å². The van der Waals surface area contributed by atoms with Crippen LogP contribution in [0.3, 0.4) is 0 Å². The van der Waals surface area contributed by atoms with Crippen LogP contribution in [0.25, 0.3) is 0 Å². The van der Waals surface area contributed by atoms with Crippen LogP contribution in [0, 0.1) is 0 Å². The maximum Gasteiger partial charge on any atom is 0.330 e. The Balaban J connectivity index is 3.05. The third kappa shape index (κ3) is 42.8. The van der Waals surface area contributed by atoms with Gasteiger partial charge in [0.25, 0.3) is 0 Å². The molecule has 11 heteroatoms. The monoisotopic (exact) mass is 678 g/mol. The first kappa shape index (κ1) is 45.9. The molecule has 280 valence electrons. The molecule has 0 heterocycles. The van der Waals surface area contributed by atoms with E-state index in [1.807, 2.05) is 0 Å². The van der Waals surface area contributed by atoms with Crippen LogP contribution in [-0.4, -0.2) is 132 Å². The summed E-state index contributed by atoms with van der Waals surface area (Å²) in [4.78, 5) is 10.8. The van der Waals surface area contributed by atoms with Gasteiger partial charge in [0.05, 0.1) is 112 Å². The molecule has 0 aromatic carbocycles. The maximum atomic E-state index is 10.8. The Hall–Kier alpha value is -1.15. The Bertz CT molecular complexity index is 609. The van der Waals surface area contributed by atoms with E-state index in [0.29, 0.717) is 112 Å². The van der Waals surface area contributed by atoms with Crippen LogP contribution in [0.1, 0.15) is 90.4 Å². The minimum Gasteiger partial charge on any atom is -0.460 e. The lowest BCUT2D eigenvalue weighted by Crippen LogP contribution is -2.15. The molecule has 0 aromatic rings. The van der Waals surface area contributed by atoms with Crippen LogP contribution in [0.5, 0.6) is 0 Å². The van der Waals surface area contributed by atoms with Crippen LogP contribution in [-0.2, 0) is 52.2 Å². The number of ether oxygens (including phenoxy) is 10. The van der Waals surface area contributed by atoms with Crippen molar-refractivity contribution in [2.45, 2.75) is 90.4 Å². The molecule has 0 saturated carbocycles. The highest BCUT2D eigenvalue weighted by Gasteiger charge is 1.98. The van der Waals surface area contributed by atoms with Gasteiger partial charge in [0.15, 0.2) is 0 Å². The molecule has 0 atom stereocenters. The Morgan fingerprint density at radius 3 is 0.872 bits per heavy atom. The predicted molar refractivity (Wildman–Crippen MR) is 184 cm³/mol. The van der Waals surface area contributed by atoms with Gasteiger partial charge in [-0.3, -0.25) is 0 Å². The lowest BCUT2D eigenvalue weighted by atomic mass is 10.0. The van der Waals surface area contributed by atoms with Crippen LogP contribution >= 0.6 is 0 Å². The first-order chi connectivity index (χ1) is 23.3. The second-order valence-electron chi connectivity index (χ2n) is 11.1. The molecule has 0 radical (unpaired) electrons. The van der Waals surface area contributed by atoms with E-state index in [9.17, 15) is 4.79 Å². The zero-order valence-corrected chi connectivity index (χ0v) is 29.9. The van der Waals surface area contributed by atoms with Crippen molar-refractivity contribution in [1.29, 1.82) is 0 Å². The van der Waals surface area contributed by atoms with Gasteiger partial charge in [-0.15, -0.1) is 0 Å². The first-order valence-electron chi connectivity index (χ1n) is 18.3. The molecule has 0 N–H and O–H groups in total. The van der Waals surface area contributed by atoms with Crippen molar-refractivity contribution >= 4 is 5.97 Å². The van der Waals surface area contributed by atoms with Crippen LogP contribution < -0.4 is 0 Å². The summed E-state index contributed by atoms with van der Waals surface area (Å²) in [6.07, 6.45) is 18.9. The Morgan fingerprint density at radius 1 is 0.362 bits per heavy atom. The summed E-state index contributed by atoms with van der Waals surface area (Å²) >= 11 is 0. The fourth-order valence-electron chi connectivity index (χ4n) is 4.34. The number of carbonyl (C=O) groups is 1. The zero-order valence-electron chi connectivity index (χ0n) is 29.9. The molecule has 0 rings (SSSR count). The van der Waals surface area contributed by atoms with Crippen molar-refractivity contribution in [2.24, 2.45) is 0 Å². The van der Waals surface area contributed by atoms with E-state index in [4.69, 9.17) is 47.4 Å². The van der Waals surface area contributed by atoms with Gasteiger partial charge < -0.3 is 47.4 Å². The third-order valence-electron chi connectivity index (χ3n) is 7.01. The number of carbonyl (C=O) groups excluding carboxylic acids is 1. The molecule has 0 aliphatic rings. The number of rotatable bonds is 42. The highest BCUT2D eigenvalue weighted by atomic mass is 16.6. The lowest BCUT2D eigenvalue weighted by Gasteiger charge is -2.09. The van der Waals surface area contributed by atoms with Gasteiger partial charge >= 0.3 is 5.97 Å². The molecule has 0 aliphatic carbocycles. The number of hydrogen-bond acceptors (Lipinski definition) is 11. The predicted octanol–water partition coefficient (Wildman–Crippen LogP) is 5.96. The minimum atomic E-state index is -0.454. The third-order valence-corrected chi connectivity index (χ3v) is 7.01. The Kier molecular flexibility index (Phi) is 41.8. The summed E-state index contributed by atoms with van der Waals surface area (Å²) in [7, 11) is 0. The highest BCUT2D eigenvalue weighted by molar-refractivity contribution is 5.81. The lowest BCUT2D eigenvalue weighted by molar-refractivity contribution is -0.139. The molecular weight excluding hydrogens is 608 g/mol. The highest BCUT2D eigenvalue weighted by Crippen LogP contribution is 2.12. The van der Waals surface area contributed by atoms with Gasteiger partial charge in [0.1, 0.15) is 6.61 Å². The summed E-state index contributed by atoms with van der Waals surface area (Å²) in [5.41, 5.74) is 0. The number of unbranched alkanes of at least 4 members (excludes halogenated alkanes) is 12. The Labute approximate surface area is 286 Å². The van der Waals surface area contributed by atoms with E-state index < -0.39 is 5.97 Å². The molecule has 0 bridgehead atoms. The Morgan fingerprint density at radius 2 is 0.596 bits per heavy atom. The molecular formula is C36H70O11. The van der Waals surface area contributed by atoms with E-state index in [0.717, 1.165) is 19.1 Å².